The van der Waals surface area contributed by atoms with Crippen molar-refractivity contribution in [3.8, 4) is 17.2 Å². The Morgan fingerprint density at radius 1 is 1.12 bits per heavy atom. The Balaban J connectivity index is 1.95. The van der Waals surface area contributed by atoms with E-state index in [2.05, 4.69) is 26.8 Å². The van der Waals surface area contributed by atoms with Crippen LogP contribution in [-0.4, -0.2) is 26.6 Å². The van der Waals surface area contributed by atoms with Crippen LogP contribution in [0.3, 0.4) is 0 Å². The van der Waals surface area contributed by atoms with Crippen LogP contribution in [-0.2, 0) is 0 Å². The summed E-state index contributed by atoms with van der Waals surface area (Å²) in [4.78, 5) is 10.9. The van der Waals surface area contributed by atoms with E-state index in [4.69, 9.17) is 25.8 Å². The molecule has 0 amide bonds. The van der Waals surface area contributed by atoms with Crippen molar-refractivity contribution >= 4 is 17.9 Å². The van der Waals surface area contributed by atoms with Crippen LogP contribution >= 0.6 is 11.6 Å². The summed E-state index contributed by atoms with van der Waals surface area (Å²) in [6.45, 7) is 7.10. The fourth-order valence-corrected chi connectivity index (χ4v) is 2.91. The number of ether oxygens (including phenoxy) is 3. The summed E-state index contributed by atoms with van der Waals surface area (Å²) < 4.78 is 16.6. The number of hydrogen-bond acceptors (Lipinski definition) is 4. The van der Waals surface area contributed by atoms with Gasteiger partial charge >= 0.3 is 0 Å². The highest BCUT2D eigenvalue weighted by Gasteiger charge is 2.12. The first-order valence-electron chi connectivity index (χ1n) is 8.15. The molecule has 0 radical (unpaired) electrons. The number of aldehydes is 1. The summed E-state index contributed by atoms with van der Waals surface area (Å²) in [5.41, 5.74) is 2.96. The number of carbonyl (C=O) groups excluding carboxylic acids is 1. The number of methoxy groups -OCH3 is 1. The van der Waals surface area contributed by atoms with Gasteiger partial charge in [-0.25, -0.2) is 0 Å². The molecular formula is C20H23ClO4. The fraction of sp³-hybridized carbons (Fsp3) is 0.350. The minimum Gasteiger partial charge on any atom is -0.493 e. The Morgan fingerprint density at radius 3 is 2.44 bits per heavy atom. The number of benzene rings is 2. The average molecular weight is 363 g/mol. The van der Waals surface area contributed by atoms with Gasteiger partial charge in [0.15, 0.2) is 11.5 Å². The van der Waals surface area contributed by atoms with Crippen molar-refractivity contribution in [1.82, 2.24) is 0 Å². The van der Waals surface area contributed by atoms with Gasteiger partial charge in [-0.05, 0) is 48.2 Å². The van der Waals surface area contributed by atoms with Crippen molar-refractivity contribution < 1.29 is 19.0 Å². The highest BCUT2D eigenvalue weighted by atomic mass is 35.5. The molecule has 0 heterocycles. The predicted molar refractivity (Wildman–Crippen MR) is 99.6 cm³/mol. The largest absolute Gasteiger partial charge is 0.493 e. The molecule has 0 N–H and O–H groups in total. The molecule has 0 spiro atoms. The molecule has 0 atom stereocenters. The van der Waals surface area contributed by atoms with Crippen LogP contribution in [0.25, 0.3) is 0 Å². The van der Waals surface area contributed by atoms with Gasteiger partial charge in [-0.3, -0.25) is 4.79 Å². The molecule has 0 fully saturated rings. The normalized spacial score (nSPS) is 10.6. The zero-order valence-electron chi connectivity index (χ0n) is 15.0. The Labute approximate surface area is 153 Å². The van der Waals surface area contributed by atoms with E-state index in [0.717, 1.165) is 5.75 Å². The van der Waals surface area contributed by atoms with Crippen LogP contribution in [0.15, 0.2) is 30.3 Å². The Kier molecular flexibility index (Phi) is 6.71. The maximum absolute atomic E-state index is 10.9. The summed E-state index contributed by atoms with van der Waals surface area (Å²) in [5.74, 6) is 2.12. The maximum Gasteiger partial charge on any atom is 0.179 e. The van der Waals surface area contributed by atoms with Crippen LogP contribution in [0.4, 0.5) is 0 Å². The number of rotatable bonds is 8. The van der Waals surface area contributed by atoms with Crippen molar-refractivity contribution in [2.45, 2.75) is 26.7 Å². The molecule has 0 saturated heterocycles. The molecule has 0 aliphatic heterocycles. The monoisotopic (exact) mass is 362 g/mol. The van der Waals surface area contributed by atoms with Crippen LogP contribution < -0.4 is 14.2 Å². The van der Waals surface area contributed by atoms with Gasteiger partial charge in [0.25, 0.3) is 0 Å². The second-order valence-electron chi connectivity index (χ2n) is 6.02. The number of halogens is 1. The lowest BCUT2D eigenvalue weighted by atomic mass is 9.98. The molecule has 2 aromatic rings. The quantitative estimate of drug-likeness (QED) is 0.487. The van der Waals surface area contributed by atoms with Gasteiger partial charge in [0.05, 0.1) is 12.1 Å². The van der Waals surface area contributed by atoms with E-state index in [1.165, 1.54) is 18.2 Å². The van der Waals surface area contributed by atoms with E-state index in [0.29, 0.717) is 47.5 Å². The van der Waals surface area contributed by atoms with E-state index in [1.54, 1.807) is 12.1 Å². The van der Waals surface area contributed by atoms with Gasteiger partial charge in [0, 0.05) is 5.56 Å². The Hall–Kier alpha value is -2.20. The van der Waals surface area contributed by atoms with Gasteiger partial charge < -0.3 is 14.2 Å². The summed E-state index contributed by atoms with van der Waals surface area (Å²) in [7, 11) is 1.50. The molecule has 0 aliphatic rings. The number of carbonyl (C=O) groups is 1. The molecule has 0 aliphatic carbocycles. The molecule has 4 nitrogen and oxygen atoms in total. The standard InChI is InChI=1S/C20H23ClO4/c1-13(2)17-6-5-16(9-14(17)3)24-7-8-25-20-18(21)10-15(12-22)11-19(20)23-4/h5-6,9-13H,7-8H2,1-4H3. The summed E-state index contributed by atoms with van der Waals surface area (Å²) in [6.07, 6.45) is 0.713. The zero-order chi connectivity index (χ0) is 18.4. The van der Waals surface area contributed by atoms with Gasteiger partial charge in [-0.2, -0.15) is 0 Å². The molecule has 0 aromatic heterocycles. The first-order chi connectivity index (χ1) is 12.0. The molecule has 2 rings (SSSR count). The van der Waals surface area contributed by atoms with Crippen LogP contribution in [0.5, 0.6) is 17.2 Å². The zero-order valence-corrected chi connectivity index (χ0v) is 15.7. The van der Waals surface area contributed by atoms with E-state index >= 15 is 0 Å². The Bertz CT molecular complexity index is 741. The molecule has 5 heteroatoms. The fourth-order valence-electron chi connectivity index (χ4n) is 2.64. The third kappa shape index (κ3) is 4.89. The average Bonchev–Trinajstić information content (AvgIpc) is 2.58. The van der Waals surface area contributed by atoms with Gasteiger partial charge in [-0.1, -0.05) is 31.5 Å². The molecule has 2 aromatic carbocycles. The molecule has 0 bridgehead atoms. The van der Waals surface area contributed by atoms with Crippen molar-refractivity contribution in [2.24, 2.45) is 0 Å². The second kappa shape index (κ2) is 8.77. The van der Waals surface area contributed by atoms with Crippen LogP contribution in [0.1, 0.15) is 41.3 Å². The highest BCUT2D eigenvalue weighted by molar-refractivity contribution is 6.32. The lowest BCUT2D eigenvalue weighted by Gasteiger charge is -2.14. The Morgan fingerprint density at radius 2 is 1.84 bits per heavy atom. The number of aryl methyl sites for hydroxylation is 1. The first-order valence-corrected chi connectivity index (χ1v) is 8.53. The van der Waals surface area contributed by atoms with Gasteiger partial charge in [0.1, 0.15) is 25.2 Å². The molecule has 0 unspecified atom stereocenters. The van der Waals surface area contributed by atoms with Crippen molar-refractivity contribution in [1.29, 1.82) is 0 Å². The third-order valence-electron chi connectivity index (χ3n) is 3.85. The van der Waals surface area contributed by atoms with E-state index in [1.807, 2.05) is 12.1 Å². The molecular weight excluding hydrogens is 340 g/mol. The first kappa shape index (κ1) is 19.1. The minimum atomic E-state index is 0.307. The number of hydrogen-bond donors (Lipinski definition) is 0. The van der Waals surface area contributed by atoms with Crippen LogP contribution in [0, 0.1) is 6.92 Å². The smallest absolute Gasteiger partial charge is 0.179 e. The van der Waals surface area contributed by atoms with Crippen molar-refractivity contribution in [2.75, 3.05) is 20.3 Å². The predicted octanol–water partition coefficient (Wildman–Crippen LogP) is 5.05. The lowest BCUT2D eigenvalue weighted by Crippen LogP contribution is -2.10. The molecule has 134 valence electrons. The van der Waals surface area contributed by atoms with E-state index in [-0.39, 0.29) is 0 Å². The van der Waals surface area contributed by atoms with Crippen molar-refractivity contribution in [3.05, 3.63) is 52.0 Å². The summed E-state index contributed by atoms with van der Waals surface area (Å²) in [6, 6.07) is 9.22. The summed E-state index contributed by atoms with van der Waals surface area (Å²) in [5, 5.41) is 0.332. The lowest BCUT2D eigenvalue weighted by molar-refractivity contribution is 0.112. The maximum atomic E-state index is 10.9. The second-order valence-corrected chi connectivity index (χ2v) is 6.43. The highest BCUT2D eigenvalue weighted by Crippen LogP contribution is 2.36. The molecule has 0 saturated carbocycles. The van der Waals surface area contributed by atoms with Gasteiger partial charge in [-0.15, -0.1) is 0 Å². The molecule has 25 heavy (non-hydrogen) atoms. The van der Waals surface area contributed by atoms with E-state index < -0.39 is 0 Å². The van der Waals surface area contributed by atoms with Crippen LogP contribution in [0.2, 0.25) is 5.02 Å². The SMILES string of the molecule is COc1cc(C=O)cc(Cl)c1OCCOc1ccc(C(C)C)c(C)c1. The third-order valence-corrected chi connectivity index (χ3v) is 4.13. The van der Waals surface area contributed by atoms with Gasteiger partial charge in [0.2, 0.25) is 0 Å². The van der Waals surface area contributed by atoms with Crippen molar-refractivity contribution in [3.63, 3.8) is 0 Å². The topological polar surface area (TPSA) is 44.8 Å². The van der Waals surface area contributed by atoms with E-state index in [9.17, 15) is 4.79 Å². The summed E-state index contributed by atoms with van der Waals surface area (Å²) >= 11 is 6.15. The minimum absolute atomic E-state index is 0.307.